The van der Waals surface area contributed by atoms with Crippen LogP contribution < -0.4 is 5.32 Å². The maximum absolute atomic E-state index is 12.2. The van der Waals surface area contributed by atoms with Crippen molar-refractivity contribution in [3.63, 3.8) is 0 Å². The van der Waals surface area contributed by atoms with E-state index in [2.05, 4.69) is 23.5 Å². The number of allylic oxidation sites excluding steroid dienone is 2. The Kier molecular flexibility index (Phi) is 4.09. The molecule has 1 N–H and O–H groups in total. The number of hydrogen-bond acceptors (Lipinski definition) is 2. The van der Waals surface area contributed by atoms with E-state index in [1.807, 2.05) is 31.2 Å². The minimum Gasteiger partial charge on any atom is -0.461 e. The van der Waals surface area contributed by atoms with Gasteiger partial charge >= 0.3 is 0 Å². The molecule has 0 bridgehead atoms. The molecule has 0 saturated carbocycles. The Labute approximate surface area is 125 Å². The SMILES string of the molecule is C[C@H](Cc1cc2ccccc2o1)NC(=O)[C@H]1CC=CCC1. The minimum absolute atomic E-state index is 0.0870. The van der Waals surface area contributed by atoms with E-state index in [1.54, 1.807) is 0 Å². The highest BCUT2D eigenvalue weighted by atomic mass is 16.3. The van der Waals surface area contributed by atoms with E-state index in [4.69, 9.17) is 4.42 Å². The van der Waals surface area contributed by atoms with Gasteiger partial charge in [0.05, 0.1) is 0 Å². The molecular formula is C18H21NO2. The first-order chi connectivity index (χ1) is 10.2. The molecule has 1 heterocycles. The molecule has 1 aromatic heterocycles. The van der Waals surface area contributed by atoms with E-state index in [-0.39, 0.29) is 17.9 Å². The number of amides is 1. The Morgan fingerprint density at radius 2 is 2.24 bits per heavy atom. The van der Waals surface area contributed by atoms with Gasteiger partial charge in [0, 0.05) is 23.8 Å². The van der Waals surface area contributed by atoms with Gasteiger partial charge < -0.3 is 9.73 Å². The molecule has 2 atom stereocenters. The van der Waals surface area contributed by atoms with Crippen molar-refractivity contribution in [2.75, 3.05) is 0 Å². The van der Waals surface area contributed by atoms with Crippen molar-refractivity contribution >= 4 is 16.9 Å². The predicted octanol–water partition coefficient (Wildman–Crippen LogP) is 3.84. The number of furan rings is 1. The van der Waals surface area contributed by atoms with Crippen LogP contribution in [0.4, 0.5) is 0 Å². The smallest absolute Gasteiger partial charge is 0.223 e. The summed E-state index contributed by atoms with van der Waals surface area (Å²) < 4.78 is 5.80. The molecule has 1 aliphatic rings. The highest BCUT2D eigenvalue weighted by Gasteiger charge is 2.20. The van der Waals surface area contributed by atoms with Gasteiger partial charge in [-0.25, -0.2) is 0 Å². The van der Waals surface area contributed by atoms with Crippen LogP contribution in [0.25, 0.3) is 11.0 Å². The van der Waals surface area contributed by atoms with Gasteiger partial charge in [0.25, 0.3) is 0 Å². The third-order valence-electron chi connectivity index (χ3n) is 4.01. The van der Waals surface area contributed by atoms with Crippen LogP contribution in [0.5, 0.6) is 0 Å². The third-order valence-corrected chi connectivity index (χ3v) is 4.01. The molecular weight excluding hydrogens is 262 g/mol. The number of carbonyl (C=O) groups excluding carboxylic acids is 1. The van der Waals surface area contributed by atoms with Crippen LogP contribution in [-0.4, -0.2) is 11.9 Å². The van der Waals surface area contributed by atoms with Gasteiger partial charge in [-0.15, -0.1) is 0 Å². The molecule has 3 heteroatoms. The Hall–Kier alpha value is -2.03. The standard InChI is InChI=1S/C18H21NO2/c1-13(19-18(20)14-7-3-2-4-8-14)11-16-12-15-9-5-6-10-17(15)21-16/h2-3,5-6,9-10,12-14H,4,7-8,11H2,1H3,(H,19,20)/t13-,14+/m1/s1. The van der Waals surface area contributed by atoms with Gasteiger partial charge in [-0.05, 0) is 38.3 Å². The van der Waals surface area contributed by atoms with Crippen molar-refractivity contribution in [3.05, 3.63) is 48.2 Å². The van der Waals surface area contributed by atoms with Gasteiger partial charge in [-0.2, -0.15) is 0 Å². The van der Waals surface area contributed by atoms with Crippen LogP contribution in [0.15, 0.2) is 46.9 Å². The lowest BCUT2D eigenvalue weighted by atomic mass is 9.93. The molecule has 110 valence electrons. The Bertz CT molecular complexity index is 623. The van der Waals surface area contributed by atoms with Gasteiger partial charge in [0.2, 0.25) is 5.91 Å². The van der Waals surface area contributed by atoms with E-state index < -0.39 is 0 Å². The summed E-state index contributed by atoms with van der Waals surface area (Å²) in [5.74, 6) is 1.23. The lowest BCUT2D eigenvalue weighted by Crippen LogP contribution is -2.38. The van der Waals surface area contributed by atoms with E-state index >= 15 is 0 Å². The van der Waals surface area contributed by atoms with Crippen molar-refractivity contribution in [3.8, 4) is 0 Å². The zero-order valence-electron chi connectivity index (χ0n) is 12.3. The zero-order valence-corrected chi connectivity index (χ0v) is 12.3. The maximum atomic E-state index is 12.2. The third kappa shape index (κ3) is 3.35. The summed E-state index contributed by atoms with van der Waals surface area (Å²) in [6, 6.07) is 10.1. The second-order valence-electron chi connectivity index (χ2n) is 5.85. The highest BCUT2D eigenvalue weighted by molar-refractivity contribution is 5.79. The average molecular weight is 283 g/mol. The Morgan fingerprint density at radius 3 is 3.00 bits per heavy atom. The summed E-state index contributed by atoms with van der Waals surface area (Å²) >= 11 is 0. The summed E-state index contributed by atoms with van der Waals surface area (Å²) in [5.41, 5.74) is 0.906. The molecule has 3 rings (SSSR count). The summed E-state index contributed by atoms with van der Waals surface area (Å²) in [6.45, 7) is 2.03. The number of rotatable bonds is 4. The van der Waals surface area contributed by atoms with Crippen LogP contribution in [0, 0.1) is 5.92 Å². The number of fused-ring (bicyclic) bond motifs is 1. The van der Waals surface area contributed by atoms with Crippen molar-refractivity contribution < 1.29 is 9.21 Å². The van der Waals surface area contributed by atoms with Crippen molar-refractivity contribution in [1.29, 1.82) is 0 Å². The average Bonchev–Trinajstić information content (AvgIpc) is 2.90. The molecule has 0 saturated heterocycles. The second-order valence-corrected chi connectivity index (χ2v) is 5.85. The number of carbonyl (C=O) groups is 1. The van der Waals surface area contributed by atoms with Crippen LogP contribution in [0.1, 0.15) is 31.9 Å². The molecule has 0 fully saturated rings. The molecule has 1 aliphatic carbocycles. The minimum atomic E-state index is 0.0870. The first-order valence-electron chi connectivity index (χ1n) is 7.65. The second kappa shape index (κ2) is 6.17. The molecule has 0 aliphatic heterocycles. The van der Waals surface area contributed by atoms with Gasteiger partial charge in [0.1, 0.15) is 11.3 Å². The summed E-state index contributed by atoms with van der Waals surface area (Å²) in [4.78, 5) is 12.2. The van der Waals surface area contributed by atoms with E-state index in [0.717, 1.165) is 42.4 Å². The van der Waals surface area contributed by atoms with Crippen LogP contribution in [-0.2, 0) is 11.2 Å². The molecule has 2 aromatic rings. The van der Waals surface area contributed by atoms with Gasteiger partial charge in [-0.1, -0.05) is 30.4 Å². The molecule has 0 unspecified atom stereocenters. The molecule has 0 spiro atoms. The quantitative estimate of drug-likeness (QED) is 0.866. The lowest BCUT2D eigenvalue weighted by molar-refractivity contribution is -0.125. The fourth-order valence-corrected chi connectivity index (χ4v) is 2.88. The van der Waals surface area contributed by atoms with E-state index in [9.17, 15) is 4.79 Å². The highest BCUT2D eigenvalue weighted by Crippen LogP contribution is 2.21. The summed E-state index contributed by atoms with van der Waals surface area (Å²) in [6.07, 6.45) is 7.82. The van der Waals surface area contributed by atoms with E-state index in [0.29, 0.717) is 0 Å². The van der Waals surface area contributed by atoms with Gasteiger partial charge in [0.15, 0.2) is 0 Å². The van der Waals surface area contributed by atoms with Crippen molar-refractivity contribution in [2.24, 2.45) is 5.92 Å². The topological polar surface area (TPSA) is 42.2 Å². The van der Waals surface area contributed by atoms with E-state index in [1.165, 1.54) is 0 Å². The largest absolute Gasteiger partial charge is 0.461 e. The first-order valence-corrected chi connectivity index (χ1v) is 7.65. The van der Waals surface area contributed by atoms with Crippen molar-refractivity contribution in [1.82, 2.24) is 5.32 Å². The maximum Gasteiger partial charge on any atom is 0.223 e. The molecule has 21 heavy (non-hydrogen) atoms. The number of nitrogens with one attached hydrogen (secondary N) is 1. The fraction of sp³-hybridized carbons (Fsp3) is 0.389. The lowest BCUT2D eigenvalue weighted by Gasteiger charge is -2.20. The monoisotopic (exact) mass is 283 g/mol. The predicted molar refractivity (Wildman–Crippen MR) is 84.0 cm³/mol. The summed E-state index contributed by atoms with van der Waals surface area (Å²) in [5, 5.41) is 4.22. The summed E-state index contributed by atoms with van der Waals surface area (Å²) in [7, 11) is 0. The molecule has 0 radical (unpaired) electrons. The Balaban J connectivity index is 1.59. The first kappa shape index (κ1) is 13.9. The fourth-order valence-electron chi connectivity index (χ4n) is 2.88. The van der Waals surface area contributed by atoms with Crippen LogP contribution >= 0.6 is 0 Å². The normalized spacial score (nSPS) is 19.6. The molecule has 3 nitrogen and oxygen atoms in total. The van der Waals surface area contributed by atoms with Crippen LogP contribution in [0.3, 0.4) is 0 Å². The Morgan fingerprint density at radius 1 is 1.38 bits per heavy atom. The van der Waals surface area contributed by atoms with Crippen LogP contribution in [0.2, 0.25) is 0 Å². The van der Waals surface area contributed by atoms with Gasteiger partial charge in [-0.3, -0.25) is 4.79 Å². The molecule has 1 aromatic carbocycles. The molecule has 1 amide bonds. The zero-order chi connectivity index (χ0) is 14.7. The number of para-hydroxylation sites is 1. The van der Waals surface area contributed by atoms with Crippen molar-refractivity contribution in [2.45, 2.75) is 38.6 Å². The number of hydrogen-bond donors (Lipinski definition) is 1. The number of benzene rings is 1.